The summed E-state index contributed by atoms with van der Waals surface area (Å²) in [6, 6.07) is 20.0. The van der Waals surface area contributed by atoms with Crippen LogP contribution >= 0.6 is 15.9 Å². The third-order valence-corrected chi connectivity index (χ3v) is 4.09. The van der Waals surface area contributed by atoms with E-state index < -0.39 is 0 Å². The Balaban J connectivity index is 1.64. The van der Waals surface area contributed by atoms with Crippen LogP contribution in [0.1, 0.15) is 10.6 Å². The quantitative estimate of drug-likeness (QED) is 0.512. The Hall–Kier alpha value is -3.19. The van der Waals surface area contributed by atoms with E-state index in [1.807, 2.05) is 42.5 Å². The number of hydrogen-bond donors (Lipinski definition) is 1. The van der Waals surface area contributed by atoms with E-state index in [4.69, 9.17) is 8.94 Å². The van der Waals surface area contributed by atoms with Gasteiger partial charge in [0.2, 0.25) is 5.82 Å². The molecule has 0 aliphatic rings. The Morgan fingerprint density at radius 1 is 0.962 bits per heavy atom. The molecular formula is C19H12BrN3O3. The zero-order valence-corrected chi connectivity index (χ0v) is 14.9. The number of amides is 1. The molecule has 0 unspecified atom stereocenters. The van der Waals surface area contributed by atoms with Crippen LogP contribution in [0.2, 0.25) is 0 Å². The zero-order valence-electron chi connectivity index (χ0n) is 13.3. The highest BCUT2D eigenvalue weighted by Gasteiger charge is 2.17. The van der Waals surface area contributed by atoms with Gasteiger partial charge in [-0.1, -0.05) is 47.6 Å². The minimum Gasteiger partial charge on any atom is -0.444 e. The fraction of sp³-hybridized carbons (Fsp3) is 0. The third-order valence-electron chi connectivity index (χ3n) is 3.66. The van der Waals surface area contributed by atoms with E-state index in [9.17, 15) is 4.79 Å². The van der Waals surface area contributed by atoms with Crippen LogP contribution in [0.5, 0.6) is 0 Å². The van der Waals surface area contributed by atoms with Gasteiger partial charge in [0.1, 0.15) is 0 Å². The molecule has 0 aliphatic heterocycles. The Morgan fingerprint density at radius 2 is 1.73 bits per heavy atom. The lowest BCUT2D eigenvalue weighted by Gasteiger charge is -2.06. The molecular weight excluding hydrogens is 398 g/mol. The summed E-state index contributed by atoms with van der Waals surface area (Å²) in [7, 11) is 0. The number of nitrogens with one attached hydrogen (secondary N) is 1. The van der Waals surface area contributed by atoms with Crippen LogP contribution in [0.3, 0.4) is 0 Å². The molecule has 1 amide bonds. The van der Waals surface area contributed by atoms with Crippen molar-refractivity contribution in [1.82, 2.24) is 10.1 Å². The van der Waals surface area contributed by atoms with Gasteiger partial charge in [0, 0.05) is 5.56 Å². The van der Waals surface area contributed by atoms with Gasteiger partial charge in [-0.15, -0.1) is 0 Å². The summed E-state index contributed by atoms with van der Waals surface area (Å²) < 4.78 is 11.2. The number of nitrogens with zero attached hydrogens (tertiary/aromatic N) is 2. The average Bonchev–Trinajstić information content (AvgIpc) is 3.32. The largest absolute Gasteiger partial charge is 0.444 e. The van der Waals surface area contributed by atoms with Gasteiger partial charge in [0.05, 0.1) is 11.3 Å². The highest BCUT2D eigenvalue weighted by Crippen LogP contribution is 2.29. The second-order valence-corrected chi connectivity index (χ2v) is 6.17. The summed E-state index contributed by atoms with van der Waals surface area (Å²) in [4.78, 5) is 16.8. The van der Waals surface area contributed by atoms with Crippen molar-refractivity contribution in [2.24, 2.45) is 0 Å². The molecule has 26 heavy (non-hydrogen) atoms. The first-order valence-corrected chi connectivity index (χ1v) is 8.55. The smallest absolute Gasteiger partial charge is 0.291 e. The van der Waals surface area contributed by atoms with Crippen molar-refractivity contribution < 1.29 is 13.7 Å². The molecule has 2 aromatic heterocycles. The van der Waals surface area contributed by atoms with Gasteiger partial charge in [-0.05, 0) is 40.2 Å². The summed E-state index contributed by atoms with van der Waals surface area (Å²) >= 11 is 3.18. The van der Waals surface area contributed by atoms with Gasteiger partial charge in [-0.3, -0.25) is 4.79 Å². The van der Waals surface area contributed by atoms with Crippen molar-refractivity contribution in [3.8, 4) is 22.8 Å². The lowest BCUT2D eigenvalue weighted by molar-refractivity contribution is 0.0995. The van der Waals surface area contributed by atoms with Crippen LogP contribution in [-0.4, -0.2) is 16.0 Å². The number of anilines is 1. The fourth-order valence-electron chi connectivity index (χ4n) is 2.44. The minimum atomic E-state index is -0.369. The van der Waals surface area contributed by atoms with E-state index in [0.717, 1.165) is 5.56 Å². The van der Waals surface area contributed by atoms with Gasteiger partial charge in [-0.2, -0.15) is 4.98 Å². The Morgan fingerprint density at radius 3 is 2.50 bits per heavy atom. The normalized spacial score (nSPS) is 10.7. The first kappa shape index (κ1) is 16.3. The molecule has 6 nitrogen and oxygen atoms in total. The minimum absolute atomic E-state index is 0.196. The van der Waals surface area contributed by atoms with E-state index in [2.05, 4.69) is 31.4 Å². The first-order chi connectivity index (χ1) is 12.7. The number of carbonyl (C=O) groups is 1. The molecule has 0 saturated carbocycles. The number of furan rings is 1. The second-order valence-electron chi connectivity index (χ2n) is 5.39. The van der Waals surface area contributed by atoms with Crippen molar-refractivity contribution in [2.75, 3.05) is 5.32 Å². The summed E-state index contributed by atoms with van der Waals surface area (Å²) in [6.07, 6.45) is 0. The van der Waals surface area contributed by atoms with Gasteiger partial charge in [0.25, 0.3) is 11.8 Å². The molecule has 0 atom stereocenters. The number of rotatable bonds is 4. The summed E-state index contributed by atoms with van der Waals surface area (Å²) in [6.45, 7) is 0. The predicted molar refractivity (Wildman–Crippen MR) is 99.5 cm³/mol. The Bertz CT molecular complexity index is 1060. The number of halogens is 1. The molecule has 0 radical (unpaired) electrons. The Kier molecular flexibility index (Phi) is 4.37. The monoisotopic (exact) mass is 409 g/mol. The second kappa shape index (κ2) is 6.97. The van der Waals surface area contributed by atoms with Crippen LogP contribution in [0.4, 0.5) is 5.69 Å². The number of hydrogen-bond acceptors (Lipinski definition) is 5. The van der Waals surface area contributed by atoms with Gasteiger partial charge < -0.3 is 14.3 Å². The number of benzene rings is 2. The highest BCUT2D eigenvalue weighted by atomic mass is 79.9. The first-order valence-electron chi connectivity index (χ1n) is 7.76. The molecule has 4 aromatic rings. The van der Waals surface area contributed by atoms with Crippen LogP contribution in [-0.2, 0) is 0 Å². The molecule has 0 bridgehead atoms. The Labute approximate surface area is 157 Å². The average molecular weight is 410 g/mol. The summed E-state index contributed by atoms with van der Waals surface area (Å²) in [5.74, 6) is 0.630. The highest BCUT2D eigenvalue weighted by molar-refractivity contribution is 9.10. The standard InChI is InChI=1S/C19H12BrN3O3/c20-16-11-10-15(25-16)18(24)21-14-9-5-4-8-13(14)19-22-17(23-26-19)12-6-2-1-3-7-12/h1-11H,(H,21,24). The third kappa shape index (κ3) is 3.29. The molecule has 0 aliphatic carbocycles. The molecule has 1 N–H and O–H groups in total. The summed E-state index contributed by atoms with van der Waals surface area (Å²) in [5, 5.41) is 6.83. The molecule has 2 heterocycles. The van der Waals surface area contributed by atoms with Crippen molar-refractivity contribution in [2.45, 2.75) is 0 Å². The number of para-hydroxylation sites is 1. The molecule has 2 aromatic carbocycles. The van der Waals surface area contributed by atoms with Crippen molar-refractivity contribution >= 4 is 27.5 Å². The molecule has 128 valence electrons. The van der Waals surface area contributed by atoms with Gasteiger partial charge in [-0.25, -0.2) is 0 Å². The summed E-state index contributed by atoms with van der Waals surface area (Å²) in [5.41, 5.74) is 2.03. The molecule has 0 saturated heterocycles. The van der Waals surface area contributed by atoms with E-state index in [-0.39, 0.29) is 11.7 Å². The predicted octanol–water partition coefficient (Wildman–Crippen LogP) is 5.01. The number of aromatic nitrogens is 2. The zero-order chi connectivity index (χ0) is 17.9. The van der Waals surface area contributed by atoms with Crippen LogP contribution in [0, 0.1) is 0 Å². The molecule has 0 fully saturated rings. The van der Waals surface area contributed by atoms with E-state index in [1.54, 1.807) is 24.3 Å². The van der Waals surface area contributed by atoms with Crippen LogP contribution in [0.15, 0.2) is 80.3 Å². The maximum Gasteiger partial charge on any atom is 0.291 e. The lowest BCUT2D eigenvalue weighted by atomic mass is 10.1. The lowest BCUT2D eigenvalue weighted by Crippen LogP contribution is -2.11. The maximum absolute atomic E-state index is 12.3. The van der Waals surface area contributed by atoms with Crippen molar-refractivity contribution in [1.29, 1.82) is 0 Å². The van der Waals surface area contributed by atoms with Gasteiger partial charge >= 0.3 is 0 Å². The van der Waals surface area contributed by atoms with Gasteiger partial charge in [0.15, 0.2) is 10.4 Å². The van der Waals surface area contributed by atoms with Crippen molar-refractivity contribution in [3.05, 3.63) is 77.2 Å². The molecule has 7 heteroatoms. The fourth-order valence-corrected chi connectivity index (χ4v) is 2.74. The SMILES string of the molecule is O=C(Nc1ccccc1-c1nc(-c2ccccc2)no1)c1ccc(Br)o1. The number of carbonyl (C=O) groups excluding carboxylic acids is 1. The maximum atomic E-state index is 12.3. The topological polar surface area (TPSA) is 81.2 Å². The van der Waals surface area contributed by atoms with E-state index >= 15 is 0 Å². The van der Waals surface area contributed by atoms with Crippen molar-refractivity contribution in [3.63, 3.8) is 0 Å². The molecule has 0 spiro atoms. The molecule has 4 rings (SSSR count). The van der Waals surface area contributed by atoms with E-state index in [1.165, 1.54) is 0 Å². The van der Waals surface area contributed by atoms with Crippen LogP contribution in [0.25, 0.3) is 22.8 Å². The van der Waals surface area contributed by atoms with Crippen LogP contribution < -0.4 is 5.32 Å². The van der Waals surface area contributed by atoms with E-state index in [0.29, 0.717) is 27.6 Å².